The van der Waals surface area contributed by atoms with E-state index in [0.717, 1.165) is 11.3 Å². The predicted molar refractivity (Wildman–Crippen MR) is 89.7 cm³/mol. The summed E-state index contributed by atoms with van der Waals surface area (Å²) in [6.07, 6.45) is 8.70. The van der Waals surface area contributed by atoms with Gasteiger partial charge in [0.1, 0.15) is 0 Å². The van der Waals surface area contributed by atoms with Crippen molar-refractivity contribution in [2.24, 2.45) is 11.3 Å². The molecule has 0 saturated carbocycles. The van der Waals surface area contributed by atoms with Crippen molar-refractivity contribution in [2.45, 2.75) is 45.4 Å². The molecular formula is C18H35N3. The summed E-state index contributed by atoms with van der Waals surface area (Å²) in [5, 5.41) is 0. The zero-order valence-corrected chi connectivity index (χ0v) is 14.3. The predicted octanol–water partition coefficient (Wildman–Crippen LogP) is 2.53. The van der Waals surface area contributed by atoms with Crippen molar-refractivity contribution >= 4 is 0 Å². The summed E-state index contributed by atoms with van der Waals surface area (Å²) in [6.45, 7) is 13.0. The van der Waals surface area contributed by atoms with Crippen LogP contribution >= 0.6 is 0 Å². The Balaban J connectivity index is 1.41. The normalized spacial score (nSPS) is 30.0. The van der Waals surface area contributed by atoms with E-state index in [9.17, 15) is 0 Å². The van der Waals surface area contributed by atoms with Crippen LogP contribution in [0.25, 0.3) is 0 Å². The average molecular weight is 293 g/mol. The van der Waals surface area contributed by atoms with Crippen molar-refractivity contribution < 1.29 is 0 Å². The van der Waals surface area contributed by atoms with Crippen LogP contribution in [0.4, 0.5) is 0 Å². The molecule has 0 unspecified atom stereocenters. The summed E-state index contributed by atoms with van der Waals surface area (Å²) in [5.41, 5.74) is 0.717. The first kappa shape index (κ1) is 15.8. The van der Waals surface area contributed by atoms with Gasteiger partial charge in [-0.3, -0.25) is 0 Å². The fraction of sp³-hybridized carbons (Fsp3) is 1.00. The third kappa shape index (κ3) is 4.00. The Labute approximate surface area is 131 Å². The zero-order chi connectivity index (χ0) is 14.7. The molecule has 3 aliphatic heterocycles. The first-order valence-corrected chi connectivity index (χ1v) is 9.32. The number of nitrogens with zero attached hydrogens (tertiary/aromatic N) is 3. The molecule has 3 saturated heterocycles. The Morgan fingerprint density at radius 2 is 1.33 bits per heavy atom. The molecule has 21 heavy (non-hydrogen) atoms. The van der Waals surface area contributed by atoms with Gasteiger partial charge in [-0.05, 0) is 103 Å². The van der Waals surface area contributed by atoms with Gasteiger partial charge in [-0.25, -0.2) is 0 Å². The largest absolute Gasteiger partial charge is 0.306 e. The molecule has 1 spiro atoms. The van der Waals surface area contributed by atoms with Gasteiger partial charge in [0, 0.05) is 6.54 Å². The molecule has 0 aromatic heterocycles. The molecule has 122 valence electrons. The lowest BCUT2D eigenvalue weighted by molar-refractivity contribution is 0.0277. The number of likely N-dealkylation sites (tertiary alicyclic amines) is 3. The van der Waals surface area contributed by atoms with Crippen molar-refractivity contribution in [1.29, 1.82) is 0 Å². The van der Waals surface area contributed by atoms with E-state index in [-0.39, 0.29) is 0 Å². The van der Waals surface area contributed by atoms with E-state index in [1.807, 2.05) is 0 Å². The van der Waals surface area contributed by atoms with Crippen molar-refractivity contribution in [1.82, 2.24) is 14.7 Å². The highest BCUT2D eigenvalue weighted by Gasteiger charge is 2.37. The average Bonchev–Trinajstić information content (AvgIpc) is 2.53. The molecule has 3 rings (SSSR count). The topological polar surface area (TPSA) is 9.72 Å². The molecule has 0 amide bonds. The van der Waals surface area contributed by atoms with E-state index in [2.05, 4.69) is 28.7 Å². The van der Waals surface area contributed by atoms with Crippen molar-refractivity contribution in [3.63, 3.8) is 0 Å². The second-order valence-corrected chi connectivity index (χ2v) is 7.98. The van der Waals surface area contributed by atoms with E-state index >= 15 is 0 Å². The van der Waals surface area contributed by atoms with Gasteiger partial charge < -0.3 is 14.7 Å². The monoisotopic (exact) mass is 293 g/mol. The lowest BCUT2D eigenvalue weighted by Gasteiger charge is -2.47. The maximum atomic E-state index is 2.79. The van der Waals surface area contributed by atoms with Gasteiger partial charge in [0.15, 0.2) is 0 Å². The van der Waals surface area contributed by atoms with Crippen LogP contribution in [0.5, 0.6) is 0 Å². The maximum Gasteiger partial charge on any atom is 0.00106 e. The number of hydrogen-bond donors (Lipinski definition) is 0. The van der Waals surface area contributed by atoms with Gasteiger partial charge in [0.25, 0.3) is 0 Å². The first-order valence-electron chi connectivity index (χ1n) is 9.32. The highest BCUT2D eigenvalue weighted by atomic mass is 15.2. The Kier molecular flexibility index (Phi) is 5.23. The molecule has 0 aromatic rings. The quantitative estimate of drug-likeness (QED) is 0.792. The highest BCUT2D eigenvalue weighted by molar-refractivity contribution is 4.91. The summed E-state index contributed by atoms with van der Waals surface area (Å²) in [7, 11) is 2.27. The molecule has 0 aromatic carbocycles. The van der Waals surface area contributed by atoms with Gasteiger partial charge in [0.05, 0.1) is 0 Å². The fourth-order valence-electron chi connectivity index (χ4n) is 4.66. The highest BCUT2D eigenvalue weighted by Crippen LogP contribution is 2.41. The Hall–Kier alpha value is -0.120. The van der Waals surface area contributed by atoms with E-state index < -0.39 is 0 Å². The molecule has 3 fully saturated rings. The lowest BCUT2D eigenvalue weighted by Crippen LogP contribution is -2.48. The second kappa shape index (κ2) is 6.97. The summed E-state index contributed by atoms with van der Waals surface area (Å²) >= 11 is 0. The smallest absolute Gasteiger partial charge is 0.00106 e. The molecule has 3 heteroatoms. The summed E-state index contributed by atoms with van der Waals surface area (Å²) < 4.78 is 0. The Bertz CT molecular complexity index is 304. The standard InChI is InChI=1S/C18H35N3/c1-3-20-12-6-18(7-13-20)8-14-21(15-9-18)16-17-4-10-19(2)11-5-17/h17H,3-16H2,1-2H3. The summed E-state index contributed by atoms with van der Waals surface area (Å²) in [4.78, 5) is 7.91. The van der Waals surface area contributed by atoms with E-state index in [0.29, 0.717) is 0 Å². The SMILES string of the molecule is CCN1CCC2(CC1)CCN(CC1CCN(C)CC1)CC2. The molecule has 3 aliphatic rings. The van der Waals surface area contributed by atoms with Crippen LogP contribution in [0.1, 0.15) is 45.4 Å². The molecule has 0 atom stereocenters. The molecule has 0 aliphatic carbocycles. The van der Waals surface area contributed by atoms with Gasteiger partial charge in [-0.2, -0.15) is 0 Å². The maximum absolute atomic E-state index is 2.79. The van der Waals surface area contributed by atoms with Crippen LogP contribution in [0.2, 0.25) is 0 Å². The van der Waals surface area contributed by atoms with Crippen LogP contribution in [0, 0.1) is 11.3 Å². The number of hydrogen-bond acceptors (Lipinski definition) is 3. The minimum absolute atomic E-state index is 0.717. The van der Waals surface area contributed by atoms with Crippen LogP contribution in [-0.2, 0) is 0 Å². The third-order valence-corrected chi connectivity index (χ3v) is 6.64. The number of rotatable bonds is 3. The van der Waals surface area contributed by atoms with E-state index in [1.165, 1.54) is 90.9 Å². The van der Waals surface area contributed by atoms with Crippen molar-refractivity contribution in [3.05, 3.63) is 0 Å². The fourth-order valence-corrected chi connectivity index (χ4v) is 4.66. The second-order valence-electron chi connectivity index (χ2n) is 7.98. The van der Waals surface area contributed by atoms with E-state index in [1.54, 1.807) is 0 Å². The van der Waals surface area contributed by atoms with Crippen molar-refractivity contribution in [3.8, 4) is 0 Å². The van der Waals surface area contributed by atoms with Crippen LogP contribution in [-0.4, -0.2) is 74.1 Å². The molecular weight excluding hydrogens is 258 g/mol. The van der Waals surface area contributed by atoms with Gasteiger partial charge in [0.2, 0.25) is 0 Å². The minimum atomic E-state index is 0.717. The van der Waals surface area contributed by atoms with Crippen LogP contribution in [0.3, 0.4) is 0 Å². The minimum Gasteiger partial charge on any atom is -0.306 e. The zero-order valence-electron chi connectivity index (χ0n) is 14.3. The van der Waals surface area contributed by atoms with Gasteiger partial charge >= 0.3 is 0 Å². The number of piperidine rings is 3. The third-order valence-electron chi connectivity index (χ3n) is 6.64. The molecule has 0 N–H and O–H groups in total. The molecule has 0 radical (unpaired) electrons. The Morgan fingerprint density at radius 1 is 0.810 bits per heavy atom. The molecule has 3 heterocycles. The first-order chi connectivity index (χ1) is 10.2. The van der Waals surface area contributed by atoms with Crippen LogP contribution in [0.15, 0.2) is 0 Å². The molecule has 3 nitrogen and oxygen atoms in total. The van der Waals surface area contributed by atoms with Crippen molar-refractivity contribution in [2.75, 3.05) is 59.4 Å². The summed E-state index contributed by atoms with van der Waals surface area (Å²) in [6, 6.07) is 0. The summed E-state index contributed by atoms with van der Waals surface area (Å²) in [5.74, 6) is 0.970. The Morgan fingerprint density at radius 3 is 1.86 bits per heavy atom. The van der Waals surface area contributed by atoms with Gasteiger partial charge in [-0.1, -0.05) is 6.92 Å². The van der Waals surface area contributed by atoms with Crippen LogP contribution < -0.4 is 0 Å². The van der Waals surface area contributed by atoms with Gasteiger partial charge in [-0.15, -0.1) is 0 Å². The lowest BCUT2D eigenvalue weighted by atomic mass is 9.71. The van der Waals surface area contributed by atoms with E-state index in [4.69, 9.17) is 0 Å². The molecule has 0 bridgehead atoms.